The Labute approximate surface area is 126 Å². The molecular weight excluding hydrogens is 346 g/mol. The third kappa shape index (κ3) is 3.59. The van der Waals surface area contributed by atoms with Gasteiger partial charge in [-0.05, 0) is 53.7 Å². The summed E-state index contributed by atoms with van der Waals surface area (Å²) in [6, 6.07) is 6.44. The number of carboxylic acids is 1. The van der Waals surface area contributed by atoms with Crippen LogP contribution in [0.5, 0.6) is 0 Å². The van der Waals surface area contributed by atoms with Crippen molar-refractivity contribution in [3.63, 3.8) is 0 Å². The zero-order valence-electron chi connectivity index (χ0n) is 10.8. The second kappa shape index (κ2) is 6.24. The van der Waals surface area contributed by atoms with E-state index in [1.165, 1.54) is 6.07 Å². The SMILES string of the molecule is O=C(O)C1CCC(NS(=O)(=O)c2ccccc2Br)CC1. The third-order valence-corrected chi connectivity index (χ3v) is 6.06. The molecule has 2 rings (SSSR count). The number of rotatable bonds is 4. The Balaban J connectivity index is 2.04. The lowest BCUT2D eigenvalue weighted by Gasteiger charge is -2.26. The van der Waals surface area contributed by atoms with Crippen molar-refractivity contribution in [2.24, 2.45) is 5.92 Å². The van der Waals surface area contributed by atoms with Gasteiger partial charge in [-0.15, -0.1) is 0 Å². The summed E-state index contributed by atoms with van der Waals surface area (Å²) in [5.41, 5.74) is 0. The van der Waals surface area contributed by atoms with Gasteiger partial charge in [0.05, 0.1) is 10.8 Å². The Kier molecular flexibility index (Phi) is 4.82. The van der Waals surface area contributed by atoms with Crippen LogP contribution >= 0.6 is 15.9 Å². The van der Waals surface area contributed by atoms with E-state index < -0.39 is 16.0 Å². The summed E-state index contributed by atoms with van der Waals surface area (Å²) in [4.78, 5) is 11.1. The maximum absolute atomic E-state index is 12.3. The van der Waals surface area contributed by atoms with Crippen LogP contribution in [-0.4, -0.2) is 25.5 Å². The molecule has 0 aliphatic heterocycles. The predicted octanol–water partition coefficient (Wildman–Crippen LogP) is 2.37. The van der Waals surface area contributed by atoms with Gasteiger partial charge in [-0.2, -0.15) is 0 Å². The number of aliphatic carboxylic acids is 1. The number of carboxylic acid groups (broad SMARTS) is 1. The minimum Gasteiger partial charge on any atom is -0.481 e. The number of sulfonamides is 1. The first-order valence-electron chi connectivity index (χ1n) is 6.40. The van der Waals surface area contributed by atoms with Crippen LogP contribution in [0.15, 0.2) is 33.6 Å². The van der Waals surface area contributed by atoms with Gasteiger partial charge in [0.15, 0.2) is 0 Å². The Morgan fingerprint density at radius 2 is 1.80 bits per heavy atom. The van der Waals surface area contributed by atoms with Crippen LogP contribution in [0.2, 0.25) is 0 Å². The molecule has 1 aromatic carbocycles. The molecule has 5 nitrogen and oxygen atoms in total. The molecule has 1 aromatic rings. The number of carbonyl (C=O) groups is 1. The maximum atomic E-state index is 12.3. The van der Waals surface area contributed by atoms with Gasteiger partial charge in [-0.3, -0.25) is 4.79 Å². The highest BCUT2D eigenvalue weighted by Crippen LogP contribution is 2.27. The van der Waals surface area contributed by atoms with Crippen molar-refractivity contribution in [3.8, 4) is 0 Å². The molecule has 0 saturated heterocycles. The van der Waals surface area contributed by atoms with Gasteiger partial charge in [0.1, 0.15) is 0 Å². The molecule has 0 unspecified atom stereocenters. The van der Waals surface area contributed by atoms with Crippen molar-refractivity contribution in [1.29, 1.82) is 0 Å². The smallest absolute Gasteiger partial charge is 0.306 e. The molecule has 0 heterocycles. The van der Waals surface area contributed by atoms with E-state index in [1.807, 2.05) is 0 Å². The van der Waals surface area contributed by atoms with Gasteiger partial charge in [-0.25, -0.2) is 13.1 Å². The van der Waals surface area contributed by atoms with Crippen molar-refractivity contribution >= 4 is 31.9 Å². The van der Waals surface area contributed by atoms with E-state index in [4.69, 9.17) is 5.11 Å². The molecule has 7 heteroatoms. The van der Waals surface area contributed by atoms with Crippen LogP contribution in [-0.2, 0) is 14.8 Å². The molecule has 0 amide bonds. The van der Waals surface area contributed by atoms with Crippen LogP contribution in [0.3, 0.4) is 0 Å². The quantitative estimate of drug-likeness (QED) is 0.862. The van der Waals surface area contributed by atoms with Crippen molar-refractivity contribution in [2.75, 3.05) is 0 Å². The third-order valence-electron chi connectivity index (χ3n) is 3.52. The van der Waals surface area contributed by atoms with Crippen LogP contribution in [0.4, 0.5) is 0 Å². The predicted molar refractivity (Wildman–Crippen MR) is 77.8 cm³/mol. The first kappa shape index (κ1) is 15.5. The number of nitrogens with one attached hydrogen (secondary N) is 1. The summed E-state index contributed by atoms with van der Waals surface area (Å²) < 4.78 is 27.7. The zero-order valence-corrected chi connectivity index (χ0v) is 13.2. The summed E-state index contributed by atoms with van der Waals surface area (Å²) in [6.07, 6.45) is 2.14. The van der Waals surface area contributed by atoms with Crippen molar-refractivity contribution in [2.45, 2.75) is 36.6 Å². The summed E-state index contributed by atoms with van der Waals surface area (Å²) in [7, 11) is -3.57. The number of halogens is 1. The number of benzene rings is 1. The van der Waals surface area contributed by atoms with E-state index in [0.717, 1.165) is 0 Å². The molecule has 1 saturated carbocycles. The zero-order chi connectivity index (χ0) is 14.8. The number of hydrogen-bond donors (Lipinski definition) is 2. The van der Waals surface area contributed by atoms with E-state index >= 15 is 0 Å². The molecular formula is C13H16BrNO4S. The molecule has 0 bridgehead atoms. The van der Waals surface area contributed by atoms with E-state index in [1.54, 1.807) is 18.2 Å². The van der Waals surface area contributed by atoms with Crippen LogP contribution in [0, 0.1) is 5.92 Å². The van der Waals surface area contributed by atoms with Crippen LogP contribution < -0.4 is 4.72 Å². The van der Waals surface area contributed by atoms with Crippen molar-refractivity contribution in [3.05, 3.63) is 28.7 Å². The van der Waals surface area contributed by atoms with E-state index in [9.17, 15) is 13.2 Å². The summed E-state index contributed by atoms with van der Waals surface area (Å²) in [5, 5.41) is 8.93. The first-order chi connectivity index (χ1) is 9.40. The fourth-order valence-corrected chi connectivity index (χ4v) is 4.71. The Hall–Kier alpha value is -0.920. The minimum absolute atomic E-state index is 0.192. The largest absolute Gasteiger partial charge is 0.481 e. The molecule has 0 aromatic heterocycles. The van der Waals surface area contributed by atoms with E-state index in [2.05, 4.69) is 20.7 Å². The molecule has 1 fully saturated rings. The molecule has 2 N–H and O–H groups in total. The monoisotopic (exact) mass is 361 g/mol. The lowest BCUT2D eigenvalue weighted by Crippen LogP contribution is -2.38. The maximum Gasteiger partial charge on any atom is 0.306 e. The second-order valence-electron chi connectivity index (χ2n) is 4.94. The van der Waals surface area contributed by atoms with Gasteiger partial charge < -0.3 is 5.11 Å². The van der Waals surface area contributed by atoms with Crippen LogP contribution in [0.1, 0.15) is 25.7 Å². The van der Waals surface area contributed by atoms with Crippen LogP contribution in [0.25, 0.3) is 0 Å². The Morgan fingerprint density at radius 1 is 1.20 bits per heavy atom. The lowest BCUT2D eigenvalue weighted by molar-refractivity contribution is -0.142. The summed E-state index contributed by atoms with van der Waals surface area (Å²) in [5.74, 6) is -1.14. The molecule has 0 atom stereocenters. The average molecular weight is 362 g/mol. The van der Waals surface area contributed by atoms with Gasteiger partial charge in [0.25, 0.3) is 0 Å². The highest BCUT2D eigenvalue weighted by molar-refractivity contribution is 9.10. The standard InChI is InChI=1S/C13H16BrNO4S/c14-11-3-1-2-4-12(11)20(18,19)15-10-7-5-9(6-8-10)13(16)17/h1-4,9-10,15H,5-8H2,(H,16,17). The molecule has 1 aliphatic rings. The fourth-order valence-electron chi connectivity index (χ4n) is 2.40. The number of hydrogen-bond acceptors (Lipinski definition) is 3. The Morgan fingerprint density at radius 3 is 2.35 bits per heavy atom. The second-order valence-corrected chi connectivity index (χ2v) is 7.48. The average Bonchev–Trinajstić information content (AvgIpc) is 2.39. The first-order valence-corrected chi connectivity index (χ1v) is 8.67. The van der Waals surface area contributed by atoms with E-state index in [0.29, 0.717) is 30.2 Å². The van der Waals surface area contributed by atoms with Gasteiger partial charge in [0, 0.05) is 10.5 Å². The molecule has 20 heavy (non-hydrogen) atoms. The van der Waals surface area contributed by atoms with Gasteiger partial charge in [-0.1, -0.05) is 12.1 Å². The van der Waals surface area contributed by atoms with Gasteiger partial charge in [0.2, 0.25) is 10.0 Å². The summed E-state index contributed by atoms with van der Waals surface area (Å²) in [6.45, 7) is 0. The summed E-state index contributed by atoms with van der Waals surface area (Å²) >= 11 is 3.23. The topological polar surface area (TPSA) is 83.5 Å². The fraction of sp³-hybridized carbons (Fsp3) is 0.462. The highest BCUT2D eigenvalue weighted by Gasteiger charge is 2.29. The van der Waals surface area contributed by atoms with Gasteiger partial charge >= 0.3 is 5.97 Å². The van der Waals surface area contributed by atoms with Crippen molar-refractivity contribution < 1.29 is 18.3 Å². The normalized spacial score (nSPS) is 23.4. The molecule has 1 aliphatic carbocycles. The molecule has 110 valence electrons. The minimum atomic E-state index is -3.57. The molecule has 0 spiro atoms. The van der Waals surface area contributed by atoms with Crippen molar-refractivity contribution in [1.82, 2.24) is 4.72 Å². The Bertz CT molecular complexity index is 594. The molecule has 0 radical (unpaired) electrons. The lowest BCUT2D eigenvalue weighted by atomic mass is 9.87. The highest BCUT2D eigenvalue weighted by atomic mass is 79.9. The van der Waals surface area contributed by atoms with E-state index in [-0.39, 0.29) is 16.9 Å².